The molecular weight excluding hydrogens is 290 g/mol. The molecule has 0 saturated heterocycles. The van der Waals surface area contributed by atoms with Gasteiger partial charge in [0.1, 0.15) is 11.6 Å². The Morgan fingerprint density at radius 3 is 2.91 bits per heavy atom. The minimum absolute atomic E-state index is 0.483. The summed E-state index contributed by atoms with van der Waals surface area (Å²) < 4.78 is 1.68. The number of aromatic nitrogens is 3. The molecule has 6 nitrogen and oxygen atoms in total. The van der Waals surface area contributed by atoms with Crippen LogP contribution < -0.4 is 10.6 Å². The van der Waals surface area contributed by atoms with Gasteiger partial charge in [-0.3, -0.25) is 4.79 Å². The highest BCUT2D eigenvalue weighted by Gasteiger charge is 2.23. The number of carbonyl (C=O) groups excluding carboxylic acids is 1. The molecule has 2 aromatic heterocycles. The predicted molar refractivity (Wildman–Crippen MR) is 89.5 cm³/mol. The second kappa shape index (κ2) is 5.39. The lowest BCUT2D eigenvalue weighted by atomic mass is 10.2. The normalized spacial score (nSPS) is 14.0. The lowest BCUT2D eigenvalue weighted by Crippen LogP contribution is -2.09. The van der Waals surface area contributed by atoms with Crippen LogP contribution in [0.1, 0.15) is 28.8 Å². The second-order valence-electron chi connectivity index (χ2n) is 5.89. The Balaban J connectivity index is 1.77. The zero-order chi connectivity index (χ0) is 15.8. The van der Waals surface area contributed by atoms with Gasteiger partial charge in [0.25, 0.3) is 0 Å². The molecule has 0 radical (unpaired) electrons. The number of aryl methyl sites for hydroxylation is 1. The van der Waals surface area contributed by atoms with Crippen LogP contribution >= 0.6 is 0 Å². The molecule has 1 aliphatic carbocycles. The van der Waals surface area contributed by atoms with Gasteiger partial charge in [-0.15, -0.1) is 0 Å². The summed E-state index contributed by atoms with van der Waals surface area (Å²) >= 11 is 0. The second-order valence-corrected chi connectivity index (χ2v) is 5.89. The zero-order valence-electron chi connectivity index (χ0n) is 12.8. The van der Waals surface area contributed by atoms with Crippen molar-refractivity contribution >= 4 is 29.3 Å². The van der Waals surface area contributed by atoms with Crippen LogP contribution in [0.3, 0.4) is 0 Å². The van der Waals surface area contributed by atoms with Gasteiger partial charge in [0.15, 0.2) is 11.9 Å². The smallest absolute Gasteiger partial charge is 0.170 e. The third kappa shape index (κ3) is 2.75. The van der Waals surface area contributed by atoms with E-state index in [0.717, 1.165) is 30.6 Å². The first-order valence-corrected chi connectivity index (χ1v) is 7.67. The topological polar surface area (TPSA) is 71.3 Å². The molecule has 1 saturated carbocycles. The SMILES string of the molecule is Cc1cccc(Nc2cc(NC3CC3)n3ncc(C=O)c3n2)c1. The molecule has 3 aromatic rings. The Bertz CT molecular complexity index is 882. The number of fused-ring (bicyclic) bond motifs is 1. The van der Waals surface area contributed by atoms with E-state index in [1.807, 2.05) is 31.2 Å². The van der Waals surface area contributed by atoms with Crippen LogP contribution in [0, 0.1) is 6.92 Å². The number of rotatable bonds is 5. The molecule has 1 aliphatic rings. The number of nitrogens with one attached hydrogen (secondary N) is 2. The largest absolute Gasteiger partial charge is 0.367 e. The quantitative estimate of drug-likeness (QED) is 0.708. The van der Waals surface area contributed by atoms with Crippen molar-refractivity contribution in [2.75, 3.05) is 10.6 Å². The first-order valence-electron chi connectivity index (χ1n) is 7.67. The molecule has 2 heterocycles. The van der Waals surface area contributed by atoms with Gasteiger partial charge in [-0.1, -0.05) is 12.1 Å². The van der Waals surface area contributed by atoms with Crippen molar-refractivity contribution in [3.8, 4) is 0 Å². The molecule has 1 aromatic carbocycles. The first kappa shape index (κ1) is 13.8. The fourth-order valence-electron chi connectivity index (χ4n) is 2.54. The molecule has 2 N–H and O–H groups in total. The van der Waals surface area contributed by atoms with Crippen LogP contribution in [0.4, 0.5) is 17.3 Å². The Morgan fingerprint density at radius 1 is 1.30 bits per heavy atom. The van der Waals surface area contributed by atoms with Crippen LogP contribution in [0.2, 0.25) is 0 Å². The minimum atomic E-state index is 0.483. The highest BCUT2D eigenvalue weighted by Crippen LogP contribution is 2.27. The molecule has 23 heavy (non-hydrogen) atoms. The van der Waals surface area contributed by atoms with Crippen LogP contribution in [-0.4, -0.2) is 26.9 Å². The average molecular weight is 307 g/mol. The molecule has 0 unspecified atom stereocenters. The Labute approximate surface area is 133 Å². The van der Waals surface area contributed by atoms with E-state index in [1.54, 1.807) is 10.7 Å². The summed E-state index contributed by atoms with van der Waals surface area (Å²) in [5.74, 6) is 1.54. The maximum Gasteiger partial charge on any atom is 0.170 e. The van der Waals surface area contributed by atoms with Crippen molar-refractivity contribution in [2.45, 2.75) is 25.8 Å². The maximum atomic E-state index is 11.2. The van der Waals surface area contributed by atoms with E-state index in [-0.39, 0.29) is 0 Å². The number of hydrogen-bond acceptors (Lipinski definition) is 5. The Hall–Kier alpha value is -2.89. The molecule has 0 spiro atoms. The number of nitrogens with zero attached hydrogens (tertiary/aromatic N) is 3. The predicted octanol–water partition coefficient (Wildman–Crippen LogP) is 3.17. The van der Waals surface area contributed by atoms with Gasteiger partial charge in [0, 0.05) is 17.8 Å². The number of anilines is 3. The molecule has 6 heteroatoms. The van der Waals surface area contributed by atoms with Gasteiger partial charge >= 0.3 is 0 Å². The third-order valence-corrected chi connectivity index (χ3v) is 3.85. The van der Waals surface area contributed by atoms with Gasteiger partial charge in [0.05, 0.1) is 11.8 Å². The Kier molecular flexibility index (Phi) is 3.22. The van der Waals surface area contributed by atoms with E-state index in [0.29, 0.717) is 23.1 Å². The van der Waals surface area contributed by atoms with Crippen molar-refractivity contribution in [1.29, 1.82) is 0 Å². The maximum absolute atomic E-state index is 11.2. The van der Waals surface area contributed by atoms with Crippen LogP contribution in [-0.2, 0) is 0 Å². The Morgan fingerprint density at radius 2 is 2.17 bits per heavy atom. The number of carbonyl (C=O) groups is 1. The lowest BCUT2D eigenvalue weighted by molar-refractivity contribution is 0.112. The summed E-state index contributed by atoms with van der Waals surface area (Å²) in [6.07, 6.45) is 4.65. The third-order valence-electron chi connectivity index (χ3n) is 3.85. The summed E-state index contributed by atoms with van der Waals surface area (Å²) in [6, 6.07) is 10.5. The summed E-state index contributed by atoms with van der Waals surface area (Å²) in [6.45, 7) is 2.04. The average Bonchev–Trinajstić information content (AvgIpc) is 3.24. The van der Waals surface area contributed by atoms with Gasteiger partial charge in [-0.25, -0.2) is 4.98 Å². The molecule has 116 valence electrons. The van der Waals surface area contributed by atoms with Crippen molar-refractivity contribution in [1.82, 2.24) is 14.6 Å². The van der Waals surface area contributed by atoms with E-state index in [2.05, 4.69) is 26.8 Å². The minimum Gasteiger partial charge on any atom is -0.367 e. The lowest BCUT2D eigenvalue weighted by Gasteiger charge is -2.11. The zero-order valence-corrected chi connectivity index (χ0v) is 12.8. The molecule has 4 rings (SSSR count). The van der Waals surface area contributed by atoms with Crippen molar-refractivity contribution in [3.63, 3.8) is 0 Å². The highest BCUT2D eigenvalue weighted by molar-refractivity contribution is 5.85. The molecule has 0 aliphatic heterocycles. The molecule has 1 fully saturated rings. The number of hydrogen-bond donors (Lipinski definition) is 2. The van der Waals surface area contributed by atoms with Gasteiger partial charge in [-0.05, 0) is 37.5 Å². The summed E-state index contributed by atoms with van der Waals surface area (Å²) in [7, 11) is 0. The van der Waals surface area contributed by atoms with Crippen LogP contribution in [0.25, 0.3) is 5.65 Å². The van der Waals surface area contributed by atoms with Crippen molar-refractivity contribution < 1.29 is 4.79 Å². The standard InChI is InChI=1S/C17H17N5O/c1-11-3-2-4-14(7-11)19-15-8-16(20-13-5-6-13)22-17(21-15)12(10-23)9-18-22/h2-4,7-10,13,20H,5-6H2,1H3,(H,19,21). The van der Waals surface area contributed by atoms with Gasteiger partial charge < -0.3 is 10.6 Å². The van der Waals surface area contributed by atoms with E-state index in [1.165, 1.54) is 5.56 Å². The van der Waals surface area contributed by atoms with E-state index in [4.69, 9.17) is 0 Å². The summed E-state index contributed by atoms with van der Waals surface area (Å²) in [5.41, 5.74) is 3.18. The summed E-state index contributed by atoms with van der Waals surface area (Å²) in [5, 5.41) is 11.0. The number of aldehydes is 1. The van der Waals surface area contributed by atoms with Crippen LogP contribution in [0.5, 0.6) is 0 Å². The molecule has 0 amide bonds. The number of benzene rings is 1. The van der Waals surface area contributed by atoms with E-state index < -0.39 is 0 Å². The molecule has 0 bridgehead atoms. The van der Waals surface area contributed by atoms with E-state index in [9.17, 15) is 4.79 Å². The molecular formula is C17H17N5O. The fraction of sp³-hybridized carbons (Fsp3) is 0.235. The van der Waals surface area contributed by atoms with Crippen molar-refractivity contribution in [2.24, 2.45) is 0 Å². The monoisotopic (exact) mass is 307 g/mol. The van der Waals surface area contributed by atoms with Gasteiger partial charge in [-0.2, -0.15) is 9.61 Å². The summed E-state index contributed by atoms with van der Waals surface area (Å²) in [4.78, 5) is 15.7. The van der Waals surface area contributed by atoms with Crippen molar-refractivity contribution in [3.05, 3.63) is 47.7 Å². The first-order chi connectivity index (χ1) is 11.2. The van der Waals surface area contributed by atoms with E-state index >= 15 is 0 Å². The van der Waals surface area contributed by atoms with Crippen LogP contribution in [0.15, 0.2) is 36.5 Å². The van der Waals surface area contributed by atoms with Gasteiger partial charge in [0.2, 0.25) is 0 Å². The fourth-order valence-corrected chi connectivity index (χ4v) is 2.54. The highest BCUT2D eigenvalue weighted by atomic mass is 16.1. The molecule has 0 atom stereocenters.